The third kappa shape index (κ3) is 6.46. The molecule has 1 aromatic rings. The number of esters is 1. The van der Waals surface area contributed by atoms with Crippen molar-refractivity contribution in [1.82, 2.24) is 5.32 Å². The summed E-state index contributed by atoms with van der Waals surface area (Å²) in [6.07, 6.45) is 8.12. The van der Waals surface area contributed by atoms with Crippen LogP contribution in [-0.4, -0.2) is 58.3 Å². The van der Waals surface area contributed by atoms with E-state index < -0.39 is 28.9 Å². The van der Waals surface area contributed by atoms with Crippen LogP contribution in [0.3, 0.4) is 0 Å². The first kappa shape index (κ1) is 39.0. The molecule has 0 aromatic heterocycles. The topological polar surface area (TPSA) is 133 Å². The number of aromatic hydroxyl groups is 1. The van der Waals surface area contributed by atoms with Gasteiger partial charge in [-0.1, -0.05) is 59.2 Å². The summed E-state index contributed by atoms with van der Waals surface area (Å²) in [5.74, 6) is 0.851. The van der Waals surface area contributed by atoms with Crippen LogP contribution < -0.4 is 5.32 Å². The number of aliphatic carboxylic acids is 1. The molecule has 0 heterocycles. The van der Waals surface area contributed by atoms with Crippen LogP contribution in [0, 0.1) is 56.7 Å². The fraction of sp³-hybridized carbons (Fsp3) is 0.750. The number of Topliss-reactive ketones (excluding diaryl/α,β-unsaturated/α-hetero) is 1. The van der Waals surface area contributed by atoms with E-state index in [4.69, 9.17) is 4.74 Å². The number of carbonyl (C=O) groups is 3. The lowest BCUT2D eigenvalue weighted by Crippen LogP contribution is -2.63. The predicted molar refractivity (Wildman–Crippen MR) is 201 cm³/mol. The number of phenolic OH excluding ortho intramolecular Hbond substituents is 1. The van der Waals surface area contributed by atoms with Crippen LogP contribution in [0.1, 0.15) is 125 Å². The SMILES string of the molecule is CC(C)C1=C2C3CCC4C(C)(CCC5C(C)(C)C(OC(=O)CC(C)(C)C(=O)O)CCC54C)C3CCC2(C(O)CNCCc2ccc(O)cc2)CC1=O. The minimum absolute atomic E-state index is 0.0843. The summed E-state index contributed by atoms with van der Waals surface area (Å²) in [4.78, 5) is 38.7. The zero-order chi connectivity index (χ0) is 38.0. The van der Waals surface area contributed by atoms with Gasteiger partial charge in [0.1, 0.15) is 11.9 Å². The van der Waals surface area contributed by atoms with Crippen LogP contribution in [0.5, 0.6) is 5.75 Å². The Balaban J connectivity index is 1.20. The minimum Gasteiger partial charge on any atom is -0.508 e. The average Bonchev–Trinajstić information content (AvgIpc) is 3.38. The van der Waals surface area contributed by atoms with E-state index in [9.17, 15) is 29.7 Å². The van der Waals surface area contributed by atoms with Crippen molar-refractivity contribution in [2.75, 3.05) is 13.1 Å². The number of carboxylic acids is 1. The molecule has 5 aliphatic carbocycles. The Morgan fingerprint density at radius 2 is 1.62 bits per heavy atom. The first-order valence-corrected chi connectivity index (χ1v) is 20.2. The second-order valence-electron chi connectivity index (χ2n) is 19.6. The second kappa shape index (κ2) is 13.9. The van der Waals surface area contributed by atoms with Gasteiger partial charge in [0.05, 0.1) is 17.9 Å². The average molecular weight is 720 g/mol. The number of phenols is 1. The van der Waals surface area contributed by atoms with Gasteiger partial charge >= 0.3 is 11.9 Å². The normalized spacial score (nSPS) is 36.0. The fourth-order valence-electron chi connectivity index (χ4n) is 12.9. The molecule has 52 heavy (non-hydrogen) atoms. The molecular weight excluding hydrogens is 654 g/mol. The highest BCUT2D eigenvalue weighted by Crippen LogP contribution is 2.73. The third-order valence-corrected chi connectivity index (χ3v) is 15.5. The second-order valence-corrected chi connectivity index (χ2v) is 19.6. The Morgan fingerprint density at radius 3 is 2.27 bits per heavy atom. The number of rotatable bonds is 11. The quantitative estimate of drug-likeness (QED) is 0.134. The fourth-order valence-corrected chi connectivity index (χ4v) is 12.9. The molecule has 0 spiro atoms. The number of nitrogens with one attached hydrogen (secondary N) is 1. The smallest absolute Gasteiger partial charge is 0.309 e. The summed E-state index contributed by atoms with van der Waals surface area (Å²) in [5.41, 5.74) is 1.71. The summed E-state index contributed by atoms with van der Waals surface area (Å²) < 4.78 is 6.14. The Kier molecular flexibility index (Phi) is 10.4. The summed E-state index contributed by atoms with van der Waals surface area (Å²) in [7, 11) is 0. The zero-order valence-electron chi connectivity index (χ0n) is 33.0. The molecule has 4 N–H and O–H groups in total. The van der Waals surface area contributed by atoms with Crippen molar-refractivity contribution in [2.24, 2.45) is 56.7 Å². The lowest BCUT2D eigenvalue weighted by Gasteiger charge is -2.69. The number of benzene rings is 1. The number of ketones is 1. The van der Waals surface area contributed by atoms with Crippen LogP contribution in [0.2, 0.25) is 0 Å². The molecule has 8 heteroatoms. The number of fused-ring (bicyclic) bond motifs is 7. The minimum atomic E-state index is -1.16. The van der Waals surface area contributed by atoms with Gasteiger partial charge in [0.25, 0.3) is 0 Å². The van der Waals surface area contributed by atoms with Gasteiger partial charge in [-0.3, -0.25) is 14.4 Å². The first-order valence-electron chi connectivity index (χ1n) is 20.2. The Labute approximate surface area is 311 Å². The van der Waals surface area contributed by atoms with Crippen LogP contribution >= 0.6 is 0 Å². The molecule has 5 aliphatic rings. The Bertz CT molecular complexity index is 1580. The number of aliphatic hydroxyl groups excluding tert-OH is 1. The number of carbonyl (C=O) groups excluding carboxylic acids is 2. The number of aliphatic hydroxyl groups is 1. The molecule has 288 valence electrons. The molecule has 4 fully saturated rings. The van der Waals surface area contributed by atoms with Crippen molar-refractivity contribution in [3.8, 4) is 5.75 Å². The van der Waals surface area contributed by atoms with Gasteiger partial charge < -0.3 is 25.4 Å². The molecule has 9 unspecified atom stereocenters. The maximum Gasteiger partial charge on any atom is 0.309 e. The highest BCUT2D eigenvalue weighted by molar-refractivity contribution is 6.00. The predicted octanol–water partition coefficient (Wildman–Crippen LogP) is 7.89. The van der Waals surface area contributed by atoms with Crippen LogP contribution in [0.15, 0.2) is 35.4 Å². The number of ether oxygens (including phenoxy) is 1. The van der Waals surface area contributed by atoms with Crippen LogP contribution in [0.25, 0.3) is 0 Å². The standard InChI is InChI=1S/C44H65NO7/c1-26(2)37-31(47)23-44(34(48)25-45-22-18-27-9-11-28(46)12-10-27)21-15-30-29(38(37)44)13-14-33-42(30,7)19-16-32-41(5,6)35(17-20-43(32,33)8)52-36(49)24-40(3,4)39(50)51/h9-12,26,29-30,32-35,45-46,48H,13-25H2,1-8H3,(H,50,51). The van der Waals surface area contributed by atoms with Crippen molar-refractivity contribution in [1.29, 1.82) is 0 Å². The number of hydrogen-bond acceptors (Lipinski definition) is 7. The molecule has 4 saturated carbocycles. The van der Waals surface area contributed by atoms with E-state index in [2.05, 4.69) is 46.9 Å². The maximum absolute atomic E-state index is 13.9. The van der Waals surface area contributed by atoms with Gasteiger partial charge in [0.15, 0.2) is 5.78 Å². The number of allylic oxidation sites excluding steroid dienone is 1. The first-order chi connectivity index (χ1) is 24.3. The van der Waals surface area contributed by atoms with E-state index >= 15 is 0 Å². The summed E-state index contributed by atoms with van der Waals surface area (Å²) in [5, 5.41) is 34.8. The molecule has 0 aliphatic heterocycles. The van der Waals surface area contributed by atoms with Gasteiger partial charge in [-0.25, -0.2) is 0 Å². The number of hydrogen-bond donors (Lipinski definition) is 4. The van der Waals surface area contributed by atoms with Gasteiger partial charge in [-0.2, -0.15) is 0 Å². The molecule has 0 bridgehead atoms. The molecular formula is C44H65NO7. The van der Waals surface area contributed by atoms with Crippen LogP contribution in [-0.2, 0) is 25.5 Å². The van der Waals surface area contributed by atoms with E-state index in [0.29, 0.717) is 43.2 Å². The van der Waals surface area contributed by atoms with E-state index in [1.165, 1.54) is 5.57 Å². The lowest BCUT2D eigenvalue weighted by molar-refractivity contribution is -0.214. The van der Waals surface area contributed by atoms with E-state index in [1.54, 1.807) is 26.0 Å². The molecule has 8 nitrogen and oxygen atoms in total. The largest absolute Gasteiger partial charge is 0.508 e. The molecule has 0 amide bonds. The van der Waals surface area contributed by atoms with Crippen molar-refractivity contribution in [3.05, 3.63) is 41.0 Å². The zero-order valence-corrected chi connectivity index (χ0v) is 33.0. The molecule has 0 radical (unpaired) electrons. The van der Waals surface area contributed by atoms with E-state index in [1.807, 2.05) is 12.1 Å². The molecule has 6 rings (SSSR count). The van der Waals surface area contributed by atoms with E-state index in [0.717, 1.165) is 68.9 Å². The maximum atomic E-state index is 13.9. The van der Waals surface area contributed by atoms with E-state index in [-0.39, 0.29) is 46.2 Å². The van der Waals surface area contributed by atoms with Gasteiger partial charge in [-0.05, 0) is 142 Å². The highest BCUT2D eigenvalue weighted by Gasteiger charge is 2.67. The summed E-state index contributed by atoms with van der Waals surface area (Å²) in [6.45, 7) is 18.2. The van der Waals surface area contributed by atoms with Crippen molar-refractivity contribution in [2.45, 2.75) is 138 Å². The molecule has 9 atom stereocenters. The van der Waals surface area contributed by atoms with Crippen molar-refractivity contribution >= 4 is 17.7 Å². The number of carboxylic acid groups (broad SMARTS) is 1. The molecule has 0 saturated heterocycles. The summed E-state index contributed by atoms with van der Waals surface area (Å²) in [6, 6.07) is 7.26. The van der Waals surface area contributed by atoms with Gasteiger partial charge in [-0.15, -0.1) is 0 Å². The highest BCUT2D eigenvalue weighted by atomic mass is 16.5. The van der Waals surface area contributed by atoms with Crippen molar-refractivity contribution in [3.63, 3.8) is 0 Å². The third-order valence-electron chi connectivity index (χ3n) is 15.5. The van der Waals surface area contributed by atoms with Gasteiger partial charge in [0.2, 0.25) is 0 Å². The van der Waals surface area contributed by atoms with Gasteiger partial charge in [0, 0.05) is 23.8 Å². The molecule has 1 aromatic carbocycles. The lowest BCUT2D eigenvalue weighted by atomic mass is 9.36. The van der Waals surface area contributed by atoms with Crippen molar-refractivity contribution < 1.29 is 34.4 Å². The summed E-state index contributed by atoms with van der Waals surface area (Å²) >= 11 is 0. The monoisotopic (exact) mass is 719 g/mol. The van der Waals surface area contributed by atoms with Crippen LogP contribution in [0.4, 0.5) is 0 Å². The Morgan fingerprint density at radius 1 is 0.942 bits per heavy atom. The Hall–Kier alpha value is -2.71.